The Balaban J connectivity index is 2.53. The third-order valence-corrected chi connectivity index (χ3v) is 4.43. The van der Waals surface area contributed by atoms with Gasteiger partial charge in [-0.15, -0.1) is 0 Å². The van der Waals surface area contributed by atoms with Crippen LogP contribution in [0, 0.1) is 0 Å². The third kappa shape index (κ3) is 4.40. The van der Waals surface area contributed by atoms with E-state index in [0.29, 0.717) is 54.0 Å². The quantitative estimate of drug-likeness (QED) is 0.433. The Morgan fingerprint density at radius 3 is 1.73 bits per heavy atom. The van der Waals surface area contributed by atoms with Gasteiger partial charge in [0.15, 0.2) is 11.6 Å². The Labute approximate surface area is 154 Å². The lowest BCUT2D eigenvalue weighted by Crippen LogP contribution is -2.35. The van der Waals surface area contributed by atoms with Crippen LogP contribution in [0.3, 0.4) is 0 Å². The number of aromatic nitrogens is 4. The van der Waals surface area contributed by atoms with Gasteiger partial charge in [-0.25, -0.2) is 9.97 Å². The summed E-state index contributed by atoms with van der Waals surface area (Å²) in [7, 11) is 3.54. The summed E-state index contributed by atoms with van der Waals surface area (Å²) in [5, 5.41) is 23.1. The Bertz CT molecular complexity index is 732. The fourth-order valence-electron chi connectivity index (χ4n) is 2.48. The van der Waals surface area contributed by atoms with Gasteiger partial charge in [-0.1, -0.05) is 20.8 Å². The highest BCUT2D eigenvalue weighted by molar-refractivity contribution is 5.94. The number of hydrogen-bond acceptors (Lipinski definition) is 9. The molecule has 0 spiro atoms. The van der Waals surface area contributed by atoms with Crippen LogP contribution in [0.5, 0.6) is 0 Å². The van der Waals surface area contributed by atoms with Gasteiger partial charge in [0.05, 0.1) is 5.60 Å². The van der Waals surface area contributed by atoms with Gasteiger partial charge in [-0.3, -0.25) is 0 Å². The van der Waals surface area contributed by atoms with Gasteiger partial charge in [0, 0.05) is 27.2 Å². The molecule has 0 unspecified atom stereocenters. The second-order valence-electron chi connectivity index (χ2n) is 6.20. The molecule has 0 aliphatic carbocycles. The predicted molar refractivity (Wildman–Crippen MR) is 107 cm³/mol. The monoisotopic (exact) mass is 362 g/mol. The summed E-state index contributed by atoms with van der Waals surface area (Å²) in [5.74, 6) is 2.18. The highest BCUT2D eigenvalue weighted by Crippen LogP contribution is 2.27. The molecule has 5 N–H and O–H groups in total. The number of fused-ring (bicyclic) bond motifs is 1. The summed E-state index contributed by atoms with van der Waals surface area (Å²) >= 11 is 0. The van der Waals surface area contributed by atoms with E-state index in [1.54, 1.807) is 14.1 Å². The Morgan fingerprint density at radius 1 is 0.808 bits per heavy atom. The number of aliphatic hydroxyl groups is 1. The van der Waals surface area contributed by atoms with Crippen LogP contribution in [0.15, 0.2) is 0 Å². The normalized spacial score (nSPS) is 11.5. The van der Waals surface area contributed by atoms with E-state index in [9.17, 15) is 5.11 Å². The highest BCUT2D eigenvalue weighted by atomic mass is 16.3. The molecule has 0 atom stereocenters. The van der Waals surface area contributed by atoms with Crippen LogP contribution < -0.4 is 21.3 Å². The second kappa shape index (κ2) is 8.79. The van der Waals surface area contributed by atoms with E-state index in [0.717, 1.165) is 13.0 Å². The number of rotatable bonds is 10. The molecule has 0 aromatic carbocycles. The molecule has 2 rings (SSSR count). The minimum Gasteiger partial charge on any atom is -0.388 e. The van der Waals surface area contributed by atoms with Crippen molar-refractivity contribution in [3.8, 4) is 0 Å². The van der Waals surface area contributed by atoms with Crippen LogP contribution in [0.1, 0.15) is 40.0 Å². The van der Waals surface area contributed by atoms with Crippen LogP contribution in [0.2, 0.25) is 0 Å². The van der Waals surface area contributed by atoms with E-state index in [1.165, 1.54) is 0 Å². The van der Waals surface area contributed by atoms with Gasteiger partial charge >= 0.3 is 0 Å². The van der Waals surface area contributed by atoms with Crippen molar-refractivity contribution in [1.82, 2.24) is 19.9 Å². The molecule has 0 bridgehead atoms. The first-order valence-corrected chi connectivity index (χ1v) is 9.15. The van der Waals surface area contributed by atoms with Gasteiger partial charge < -0.3 is 26.4 Å². The molecule has 0 fully saturated rings. The first kappa shape index (κ1) is 19.9. The SMILES string of the molecule is CCCNc1nc(NC)nc2c(NCC(O)(CC)CC)nc(NC)nc12. The van der Waals surface area contributed by atoms with Crippen molar-refractivity contribution in [1.29, 1.82) is 0 Å². The van der Waals surface area contributed by atoms with E-state index < -0.39 is 5.60 Å². The minimum absolute atomic E-state index is 0.381. The number of hydrogen-bond donors (Lipinski definition) is 5. The average Bonchev–Trinajstić information content (AvgIpc) is 2.69. The molecule has 0 aliphatic rings. The number of anilines is 4. The largest absolute Gasteiger partial charge is 0.388 e. The molecular formula is C17H30N8O. The topological polar surface area (TPSA) is 120 Å². The molecule has 0 radical (unpaired) electrons. The minimum atomic E-state index is -0.792. The smallest absolute Gasteiger partial charge is 0.225 e. The summed E-state index contributed by atoms with van der Waals surface area (Å²) in [4.78, 5) is 18.0. The molecule has 0 amide bonds. The molecule has 9 heteroatoms. The standard InChI is InChI=1S/C17H30N8O/c1-6-9-20-13-11-12(23-15(18-4)24-13)14(25-16(19-5)22-11)21-10-17(26,7-2)8-3/h26H,6-10H2,1-5H3,(H2,18,20,23,24)(H2,19,21,22,25). The zero-order valence-corrected chi connectivity index (χ0v) is 16.3. The van der Waals surface area contributed by atoms with Gasteiger partial charge in [0.25, 0.3) is 0 Å². The fraction of sp³-hybridized carbons (Fsp3) is 0.647. The van der Waals surface area contributed by atoms with Crippen molar-refractivity contribution in [2.24, 2.45) is 0 Å². The molecule has 2 heterocycles. The van der Waals surface area contributed by atoms with Crippen molar-refractivity contribution >= 4 is 34.6 Å². The lowest BCUT2D eigenvalue weighted by molar-refractivity contribution is 0.0456. The van der Waals surface area contributed by atoms with Gasteiger partial charge in [0.1, 0.15) is 11.0 Å². The molecule has 0 aliphatic heterocycles. The maximum absolute atomic E-state index is 10.6. The molecule has 144 valence electrons. The molecule has 26 heavy (non-hydrogen) atoms. The van der Waals surface area contributed by atoms with E-state index in [4.69, 9.17) is 0 Å². The van der Waals surface area contributed by atoms with Crippen molar-refractivity contribution in [3.63, 3.8) is 0 Å². The molecular weight excluding hydrogens is 332 g/mol. The summed E-state index contributed by atoms with van der Waals surface area (Å²) in [6.07, 6.45) is 2.27. The van der Waals surface area contributed by atoms with Crippen LogP contribution in [-0.2, 0) is 0 Å². The third-order valence-electron chi connectivity index (χ3n) is 4.43. The molecule has 0 saturated heterocycles. The second-order valence-corrected chi connectivity index (χ2v) is 6.20. The number of nitrogens with one attached hydrogen (secondary N) is 4. The fourth-order valence-corrected chi connectivity index (χ4v) is 2.48. The molecule has 2 aromatic heterocycles. The number of nitrogens with zero attached hydrogens (tertiary/aromatic N) is 4. The van der Waals surface area contributed by atoms with Gasteiger partial charge in [0.2, 0.25) is 11.9 Å². The van der Waals surface area contributed by atoms with Crippen molar-refractivity contribution in [3.05, 3.63) is 0 Å². The van der Waals surface area contributed by atoms with Gasteiger partial charge in [-0.05, 0) is 19.3 Å². The average molecular weight is 362 g/mol. The van der Waals surface area contributed by atoms with Crippen LogP contribution in [0.25, 0.3) is 11.0 Å². The maximum Gasteiger partial charge on any atom is 0.225 e. The first-order valence-electron chi connectivity index (χ1n) is 9.15. The van der Waals surface area contributed by atoms with Gasteiger partial charge in [-0.2, -0.15) is 9.97 Å². The highest BCUT2D eigenvalue weighted by Gasteiger charge is 2.23. The lowest BCUT2D eigenvalue weighted by atomic mass is 9.98. The summed E-state index contributed by atoms with van der Waals surface area (Å²) in [6.45, 7) is 7.19. The van der Waals surface area contributed by atoms with E-state index in [1.807, 2.05) is 13.8 Å². The van der Waals surface area contributed by atoms with Crippen LogP contribution >= 0.6 is 0 Å². The summed E-state index contributed by atoms with van der Waals surface area (Å²) in [5.41, 5.74) is 0.450. The van der Waals surface area contributed by atoms with Crippen LogP contribution in [-0.4, -0.2) is 57.8 Å². The summed E-state index contributed by atoms with van der Waals surface area (Å²) in [6, 6.07) is 0. The van der Waals surface area contributed by atoms with E-state index in [2.05, 4.69) is 48.1 Å². The van der Waals surface area contributed by atoms with E-state index >= 15 is 0 Å². The maximum atomic E-state index is 10.6. The Hall–Kier alpha value is -2.42. The van der Waals surface area contributed by atoms with Crippen molar-refractivity contribution < 1.29 is 5.11 Å². The summed E-state index contributed by atoms with van der Waals surface area (Å²) < 4.78 is 0. The molecule has 0 saturated carbocycles. The van der Waals surface area contributed by atoms with Crippen molar-refractivity contribution in [2.45, 2.75) is 45.6 Å². The zero-order chi connectivity index (χ0) is 19.2. The molecule has 9 nitrogen and oxygen atoms in total. The van der Waals surface area contributed by atoms with E-state index in [-0.39, 0.29) is 0 Å². The first-order chi connectivity index (χ1) is 12.5. The Morgan fingerprint density at radius 2 is 1.31 bits per heavy atom. The predicted octanol–water partition coefficient (Wildman–Crippen LogP) is 2.29. The molecule has 2 aromatic rings. The van der Waals surface area contributed by atoms with Crippen molar-refractivity contribution in [2.75, 3.05) is 48.5 Å². The lowest BCUT2D eigenvalue weighted by Gasteiger charge is -2.26. The zero-order valence-electron chi connectivity index (χ0n) is 16.3. The van der Waals surface area contributed by atoms with Crippen LogP contribution in [0.4, 0.5) is 23.5 Å². The Kier molecular flexibility index (Phi) is 6.73.